The second kappa shape index (κ2) is 5.73. The molecule has 0 aliphatic carbocycles. The third-order valence-electron chi connectivity index (χ3n) is 4.50. The summed E-state index contributed by atoms with van der Waals surface area (Å²) in [6.07, 6.45) is 4.02. The number of hydrogen-bond acceptors (Lipinski definition) is 3. The van der Waals surface area contributed by atoms with Crippen molar-refractivity contribution < 1.29 is 0 Å². The van der Waals surface area contributed by atoms with Gasteiger partial charge < -0.3 is 4.90 Å². The Morgan fingerprint density at radius 1 is 1.04 bits per heavy atom. The second-order valence-electron chi connectivity index (χ2n) is 5.87. The van der Waals surface area contributed by atoms with Crippen LogP contribution >= 0.6 is 0 Å². The van der Waals surface area contributed by atoms with E-state index >= 15 is 0 Å². The number of allylic oxidation sites excluding steroid dienone is 2. The molecule has 0 aromatic heterocycles. The number of nitrogens with zero attached hydrogens (tertiary/aromatic N) is 3. The maximum Gasteiger partial charge on any atom is 0.117 e. The van der Waals surface area contributed by atoms with Crippen LogP contribution in [0.1, 0.15) is 24.0 Å². The van der Waals surface area contributed by atoms with Crippen molar-refractivity contribution in [2.24, 2.45) is 4.99 Å². The average molecular weight is 299 g/mol. The summed E-state index contributed by atoms with van der Waals surface area (Å²) in [6.45, 7) is 0.720. The third-order valence-corrected chi connectivity index (χ3v) is 4.50. The second-order valence-corrected chi connectivity index (χ2v) is 5.87. The van der Waals surface area contributed by atoms with Gasteiger partial charge in [-0.25, -0.2) is 0 Å². The molecule has 0 saturated heterocycles. The molecule has 23 heavy (non-hydrogen) atoms. The Morgan fingerprint density at radius 2 is 1.83 bits per heavy atom. The largest absolute Gasteiger partial charge is 0.328 e. The van der Waals surface area contributed by atoms with Crippen LogP contribution in [-0.2, 0) is 0 Å². The normalized spacial score (nSPS) is 19.6. The van der Waals surface area contributed by atoms with E-state index < -0.39 is 0 Å². The van der Waals surface area contributed by atoms with Crippen molar-refractivity contribution in [3.8, 4) is 6.07 Å². The fourth-order valence-corrected chi connectivity index (χ4v) is 3.44. The first-order valence-corrected chi connectivity index (χ1v) is 7.97. The molecule has 1 atom stereocenters. The van der Waals surface area contributed by atoms with Crippen LogP contribution in [0.3, 0.4) is 0 Å². The van der Waals surface area contributed by atoms with Crippen LogP contribution in [0.5, 0.6) is 0 Å². The maximum atomic E-state index is 9.53. The molecular weight excluding hydrogens is 282 g/mol. The lowest BCUT2D eigenvalue weighted by Gasteiger charge is -2.34. The number of aliphatic imine (C=N–C) groups is 1. The zero-order chi connectivity index (χ0) is 15.6. The number of rotatable bonds is 1. The minimum atomic E-state index is 0.261. The fraction of sp³-hybridized carbons (Fsp3) is 0.200. The molecule has 2 heterocycles. The molecule has 0 saturated carbocycles. The molecule has 1 unspecified atom stereocenters. The summed E-state index contributed by atoms with van der Waals surface area (Å²) < 4.78 is 0. The molecule has 2 aromatic carbocycles. The molecule has 0 radical (unpaired) electrons. The van der Waals surface area contributed by atoms with Crippen molar-refractivity contribution in [2.45, 2.75) is 18.9 Å². The number of para-hydroxylation sites is 1. The Balaban J connectivity index is 1.91. The van der Waals surface area contributed by atoms with E-state index in [9.17, 15) is 5.26 Å². The van der Waals surface area contributed by atoms with Gasteiger partial charge >= 0.3 is 0 Å². The van der Waals surface area contributed by atoms with Gasteiger partial charge in [0.1, 0.15) is 11.8 Å². The van der Waals surface area contributed by atoms with Crippen molar-refractivity contribution in [2.75, 3.05) is 11.4 Å². The molecule has 0 spiro atoms. The first kappa shape index (κ1) is 13.8. The summed E-state index contributed by atoms with van der Waals surface area (Å²) in [5, 5.41) is 9.53. The van der Waals surface area contributed by atoms with E-state index in [1.165, 1.54) is 0 Å². The van der Waals surface area contributed by atoms with Crippen molar-refractivity contribution in [1.29, 1.82) is 5.26 Å². The Morgan fingerprint density at radius 3 is 2.65 bits per heavy atom. The van der Waals surface area contributed by atoms with Gasteiger partial charge in [0, 0.05) is 11.1 Å². The molecule has 0 fully saturated rings. The van der Waals surface area contributed by atoms with Crippen LogP contribution in [0.25, 0.3) is 0 Å². The van der Waals surface area contributed by atoms with E-state index in [1.807, 2.05) is 36.4 Å². The predicted octanol–water partition coefficient (Wildman–Crippen LogP) is 3.91. The van der Waals surface area contributed by atoms with E-state index in [4.69, 9.17) is 4.99 Å². The lowest BCUT2D eigenvalue weighted by Crippen LogP contribution is -2.38. The van der Waals surface area contributed by atoms with Crippen molar-refractivity contribution >= 4 is 11.4 Å². The molecular formula is C20H17N3. The number of benzene rings is 2. The lowest BCUT2D eigenvalue weighted by atomic mass is 9.98. The van der Waals surface area contributed by atoms with E-state index in [1.54, 1.807) is 0 Å². The van der Waals surface area contributed by atoms with Crippen LogP contribution < -0.4 is 4.90 Å². The zero-order valence-electron chi connectivity index (χ0n) is 12.8. The van der Waals surface area contributed by atoms with Crippen LogP contribution in [0.2, 0.25) is 0 Å². The van der Waals surface area contributed by atoms with Gasteiger partial charge in [-0.1, -0.05) is 48.5 Å². The van der Waals surface area contributed by atoms with Crippen molar-refractivity contribution in [1.82, 2.24) is 0 Å². The van der Waals surface area contributed by atoms with E-state index in [0.29, 0.717) is 0 Å². The lowest BCUT2D eigenvalue weighted by molar-refractivity contribution is 0.583. The van der Waals surface area contributed by atoms with Crippen LogP contribution in [0.4, 0.5) is 5.69 Å². The van der Waals surface area contributed by atoms with Gasteiger partial charge in [-0.2, -0.15) is 5.26 Å². The highest BCUT2D eigenvalue weighted by atomic mass is 15.2. The standard InChI is InChI=1S/C20H17N3/c21-13-16-9-6-10-17-14-22-20(15-7-2-1-3-8-15)18-11-4-5-12-19(18)23(16)17/h1-5,7-9,11-12,17H,6,10,14H2. The SMILES string of the molecule is N#CC1=CCCC2CN=C(c3ccccc3)c3ccccc3N12. The summed E-state index contributed by atoms with van der Waals surface area (Å²) in [5.41, 5.74) is 5.09. The van der Waals surface area contributed by atoms with Gasteiger partial charge in [-0.3, -0.25) is 4.99 Å². The summed E-state index contributed by atoms with van der Waals surface area (Å²) in [7, 11) is 0. The van der Waals surface area contributed by atoms with Gasteiger partial charge in [0.2, 0.25) is 0 Å². The number of anilines is 1. The molecule has 0 N–H and O–H groups in total. The molecule has 3 heteroatoms. The molecule has 2 aromatic rings. The van der Waals surface area contributed by atoms with E-state index in [2.05, 4.69) is 35.2 Å². The van der Waals surface area contributed by atoms with Crippen LogP contribution in [0, 0.1) is 11.3 Å². The number of hydrogen-bond donors (Lipinski definition) is 0. The van der Waals surface area contributed by atoms with E-state index in [-0.39, 0.29) is 6.04 Å². The fourth-order valence-electron chi connectivity index (χ4n) is 3.44. The highest BCUT2D eigenvalue weighted by molar-refractivity contribution is 6.16. The Labute approximate surface area is 136 Å². The molecule has 0 amide bonds. The average Bonchev–Trinajstić information content (AvgIpc) is 2.79. The zero-order valence-corrected chi connectivity index (χ0v) is 12.8. The van der Waals surface area contributed by atoms with Gasteiger partial charge in [0.15, 0.2) is 0 Å². The van der Waals surface area contributed by atoms with Crippen LogP contribution in [-0.4, -0.2) is 18.3 Å². The minimum absolute atomic E-state index is 0.261. The van der Waals surface area contributed by atoms with Gasteiger partial charge in [0.25, 0.3) is 0 Å². The number of nitriles is 1. The monoisotopic (exact) mass is 299 g/mol. The molecule has 0 bridgehead atoms. The van der Waals surface area contributed by atoms with Crippen molar-refractivity contribution in [3.05, 3.63) is 77.5 Å². The smallest absolute Gasteiger partial charge is 0.117 e. The van der Waals surface area contributed by atoms with Crippen LogP contribution in [0.15, 0.2) is 71.4 Å². The summed E-state index contributed by atoms with van der Waals surface area (Å²) in [5.74, 6) is 0. The Hall–Kier alpha value is -2.86. The minimum Gasteiger partial charge on any atom is -0.328 e. The molecule has 112 valence electrons. The molecule has 4 rings (SSSR count). The Bertz CT molecular complexity index is 827. The maximum absolute atomic E-state index is 9.53. The number of fused-ring (bicyclic) bond motifs is 3. The Kier molecular flexibility index (Phi) is 3.44. The summed E-state index contributed by atoms with van der Waals surface area (Å²) >= 11 is 0. The summed E-state index contributed by atoms with van der Waals surface area (Å²) in [4.78, 5) is 7.11. The summed E-state index contributed by atoms with van der Waals surface area (Å²) in [6, 6.07) is 21.2. The molecule has 3 nitrogen and oxygen atoms in total. The quantitative estimate of drug-likeness (QED) is 0.800. The third kappa shape index (κ3) is 2.33. The molecule has 2 aliphatic heterocycles. The first-order valence-electron chi connectivity index (χ1n) is 7.97. The highest BCUT2D eigenvalue weighted by Crippen LogP contribution is 2.34. The predicted molar refractivity (Wildman–Crippen MR) is 92.6 cm³/mol. The highest BCUT2D eigenvalue weighted by Gasteiger charge is 2.30. The van der Waals surface area contributed by atoms with E-state index in [0.717, 1.165) is 47.6 Å². The van der Waals surface area contributed by atoms with Crippen molar-refractivity contribution in [3.63, 3.8) is 0 Å². The van der Waals surface area contributed by atoms with Gasteiger partial charge in [-0.15, -0.1) is 0 Å². The topological polar surface area (TPSA) is 39.4 Å². The van der Waals surface area contributed by atoms with Gasteiger partial charge in [0.05, 0.1) is 24.0 Å². The van der Waals surface area contributed by atoms with Gasteiger partial charge in [-0.05, 0) is 25.0 Å². The first-order chi connectivity index (χ1) is 11.4. The molecule has 2 aliphatic rings.